The Bertz CT molecular complexity index is 671. The van der Waals surface area contributed by atoms with E-state index in [1.54, 1.807) is 30.3 Å². The molecule has 0 aliphatic rings. The third-order valence-electron chi connectivity index (χ3n) is 2.49. The SMILES string of the molecule is O=C(/C=C/c1cccc(F)c1)Nc1cccc(Cl)c1Cl. The van der Waals surface area contributed by atoms with Gasteiger partial charge in [-0.2, -0.15) is 0 Å². The number of rotatable bonds is 3. The Morgan fingerprint density at radius 3 is 2.65 bits per heavy atom. The average Bonchev–Trinajstić information content (AvgIpc) is 2.42. The topological polar surface area (TPSA) is 29.1 Å². The van der Waals surface area contributed by atoms with E-state index in [1.165, 1.54) is 24.3 Å². The van der Waals surface area contributed by atoms with Crippen molar-refractivity contribution in [3.05, 3.63) is 70.0 Å². The third kappa shape index (κ3) is 3.83. The van der Waals surface area contributed by atoms with Gasteiger partial charge in [-0.15, -0.1) is 0 Å². The molecule has 1 amide bonds. The lowest BCUT2D eigenvalue weighted by atomic mass is 10.2. The van der Waals surface area contributed by atoms with Crippen LogP contribution in [0, 0.1) is 5.82 Å². The molecule has 0 heterocycles. The van der Waals surface area contributed by atoms with E-state index in [9.17, 15) is 9.18 Å². The molecule has 0 aliphatic heterocycles. The van der Waals surface area contributed by atoms with Crippen molar-refractivity contribution in [2.45, 2.75) is 0 Å². The van der Waals surface area contributed by atoms with E-state index >= 15 is 0 Å². The highest BCUT2D eigenvalue weighted by Gasteiger charge is 2.05. The molecule has 0 atom stereocenters. The second-order valence-electron chi connectivity index (χ2n) is 3.98. The Kier molecular flexibility index (Phi) is 4.77. The zero-order valence-corrected chi connectivity index (χ0v) is 11.8. The Hall–Kier alpha value is -1.84. The van der Waals surface area contributed by atoms with E-state index in [4.69, 9.17) is 23.2 Å². The number of carbonyl (C=O) groups excluding carboxylic acids is 1. The Balaban J connectivity index is 2.08. The van der Waals surface area contributed by atoms with E-state index in [0.717, 1.165) is 0 Å². The molecule has 2 aromatic rings. The molecule has 0 radical (unpaired) electrons. The second kappa shape index (κ2) is 6.55. The molecular weight excluding hydrogens is 300 g/mol. The van der Waals surface area contributed by atoms with Crippen LogP contribution in [-0.2, 0) is 4.79 Å². The number of halogens is 3. The van der Waals surface area contributed by atoms with Crippen LogP contribution in [0.25, 0.3) is 6.08 Å². The van der Waals surface area contributed by atoms with Crippen molar-refractivity contribution in [3.8, 4) is 0 Å². The van der Waals surface area contributed by atoms with Gasteiger partial charge >= 0.3 is 0 Å². The quantitative estimate of drug-likeness (QED) is 0.812. The zero-order valence-electron chi connectivity index (χ0n) is 10.2. The monoisotopic (exact) mass is 309 g/mol. The number of hydrogen-bond acceptors (Lipinski definition) is 1. The minimum absolute atomic E-state index is 0.279. The minimum Gasteiger partial charge on any atom is -0.321 e. The smallest absolute Gasteiger partial charge is 0.248 e. The lowest BCUT2D eigenvalue weighted by molar-refractivity contribution is -0.111. The highest BCUT2D eigenvalue weighted by Crippen LogP contribution is 2.29. The molecule has 0 saturated heterocycles. The molecule has 0 aromatic heterocycles. The number of amides is 1. The van der Waals surface area contributed by atoms with Gasteiger partial charge in [0.2, 0.25) is 5.91 Å². The molecule has 102 valence electrons. The van der Waals surface area contributed by atoms with E-state index in [0.29, 0.717) is 16.3 Å². The van der Waals surface area contributed by atoms with Crippen LogP contribution in [0.5, 0.6) is 0 Å². The average molecular weight is 310 g/mol. The molecule has 0 spiro atoms. The van der Waals surface area contributed by atoms with Gasteiger partial charge in [-0.1, -0.05) is 41.4 Å². The Labute approximate surface area is 125 Å². The van der Waals surface area contributed by atoms with Gasteiger partial charge in [0.15, 0.2) is 0 Å². The van der Waals surface area contributed by atoms with Crippen LogP contribution in [0.4, 0.5) is 10.1 Å². The van der Waals surface area contributed by atoms with E-state index < -0.39 is 0 Å². The number of benzene rings is 2. The zero-order chi connectivity index (χ0) is 14.5. The van der Waals surface area contributed by atoms with Crippen molar-refractivity contribution < 1.29 is 9.18 Å². The van der Waals surface area contributed by atoms with Gasteiger partial charge in [-0.05, 0) is 35.9 Å². The summed E-state index contributed by atoms with van der Waals surface area (Å²) in [6.07, 6.45) is 2.81. The largest absolute Gasteiger partial charge is 0.321 e. The standard InChI is InChI=1S/C15H10Cl2FNO/c16-12-5-2-6-13(15(12)17)19-14(20)8-7-10-3-1-4-11(18)9-10/h1-9H,(H,19,20)/b8-7+. The first kappa shape index (κ1) is 14.6. The summed E-state index contributed by atoms with van der Waals surface area (Å²) in [5.74, 6) is -0.733. The molecule has 5 heteroatoms. The normalized spacial score (nSPS) is 10.8. The van der Waals surface area contributed by atoms with Crippen molar-refractivity contribution >= 4 is 40.9 Å². The van der Waals surface area contributed by atoms with Gasteiger partial charge < -0.3 is 5.32 Å². The summed E-state index contributed by atoms with van der Waals surface area (Å²) in [6, 6.07) is 10.9. The number of anilines is 1. The first-order chi connectivity index (χ1) is 9.56. The maximum atomic E-state index is 13.0. The van der Waals surface area contributed by atoms with Crippen LogP contribution in [0.15, 0.2) is 48.5 Å². The summed E-state index contributed by atoms with van der Waals surface area (Å²) in [5, 5.41) is 3.24. The van der Waals surface area contributed by atoms with Crippen molar-refractivity contribution in [1.82, 2.24) is 0 Å². The fraction of sp³-hybridized carbons (Fsp3) is 0. The van der Waals surface area contributed by atoms with Crippen LogP contribution < -0.4 is 5.32 Å². The Morgan fingerprint density at radius 2 is 1.90 bits per heavy atom. The van der Waals surface area contributed by atoms with Crippen molar-refractivity contribution in [1.29, 1.82) is 0 Å². The lowest BCUT2D eigenvalue weighted by Gasteiger charge is -2.05. The third-order valence-corrected chi connectivity index (χ3v) is 3.30. The molecule has 20 heavy (non-hydrogen) atoms. The summed E-state index contributed by atoms with van der Waals surface area (Å²) in [6.45, 7) is 0. The number of carbonyl (C=O) groups is 1. The van der Waals surface area contributed by atoms with Crippen LogP contribution >= 0.6 is 23.2 Å². The highest BCUT2D eigenvalue weighted by atomic mass is 35.5. The van der Waals surface area contributed by atoms with Crippen molar-refractivity contribution in [2.24, 2.45) is 0 Å². The summed E-state index contributed by atoms with van der Waals surface area (Å²) >= 11 is 11.8. The molecule has 2 aromatic carbocycles. The molecule has 0 fully saturated rings. The number of nitrogens with one attached hydrogen (secondary N) is 1. The van der Waals surface area contributed by atoms with Gasteiger partial charge in [0.1, 0.15) is 5.82 Å². The highest BCUT2D eigenvalue weighted by molar-refractivity contribution is 6.44. The minimum atomic E-state index is -0.376. The molecule has 0 unspecified atom stereocenters. The number of hydrogen-bond donors (Lipinski definition) is 1. The van der Waals surface area contributed by atoms with Crippen LogP contribution in [0.2, 0.25) is 10.0 Å². The van der Waals surface area contributed by atoms with Crippen LogP contribution in [0.1, 0.15) is 5.56 Å². The summed E-state index contributed by atoms with van der Waals surface area (Å²) in [7, 11) is 0. The van der Waals surface area contributed by atoms with Crippen LogP contribution in [0.3, 0.4) is 0 Å². The second-order valence-corrected chi connectivity index (χ2v) is 4.76. The van der Waals surface area contributed by atoms with Gasteiger partial charge in [0, 0.05) is 6.08 Å². The van der Waals surface area contributed by atoms with Gasteiger partial charge in [-0.3, -0.25) is 4.79 Å². The molecule has 2 nitrogen and oxygen atoms in total. The maximum Gasteiger partial charge on any atom is 0.248 e. The molecule has 0 saturated carbocycles. The first-order valence-electron chi connectivity index (χ1n) is 5.75. The first-order valence-corrected chi connectivity index (χ1v) is 6.50. The maximum absolute atomic E-state index is 13.0. The van der Waals surface area contributed by atoms with Gasteiger partial charge in [0.05, 0.1) is 15.7 Å². The van der Waals surface area contributed by atoms with E-state index in [2.05, 4.69) is 5.32 Å². The van der Waals surface area contributed by atoms with Crippen molar-refractivity contribution in [2.75, 3.05) is 5.32 Å². The summed E-state index contributed by atoms with van der Waals surface area (Å²) in [4.78, 5) is 11.7. The molecule has 0 aliphatic carbocycles. The van der Waals surface area contributed by atoms with Gasteiger partial charge in [-0.25, -0.2) is 4.39 Å². The fourth-order valence-electron chi connectivity index (χ4n) is 1.56. The van der Waals surface area contributed by atoms with Gasteiger partial charge in [0.25, 0.3) is 0 Å². The summed E-state index contributed by atoms with van der Waals surface area (Å²) < 4.78 is 13.0. The van der Waals surface area contributed by atoms with Crippen LogP contribution in [-0.4, -0.2) is 5.91 Å². The summed E-state index contributed by atoms with van der Waals surface area (Å²) in [5.41, 5.74) is 1.02. The molecule has 0 bridgehead atoms. The molecular formula is C15H10Cl2FNO. The van der Waals surface area contributed by atoms with E-state index in [1.807, 2.05) is 0 Å². The van der Waals surface area contributed by atoms with E-state index in [-0.39, 0.29) is 16.7 Å². The Morgan fingerprint density at radius 1 is 1.15 bits per heavy atom. The van der Waals surface area contributed by atoms with Crippen molar-refractivity contribution in [3.63, 3.8) is 0 Å². The lowest BCUT2D eigenvalue weighted by Crippen LogP contribution is -2.08. The fourth-order valence-corrected chi connectivity index (χ4v) is 1.90. The molecule has 1 N–H and O–H groups in total. The molecule has 2 rings (SSSR count). The predicted molar refractivity (Wildman–Crippen MR) is 80.5 cm³/mol. The predicted octanol–water partition coefficient (Wildman–Crippen LogP) is 4.78.